The summed E-state index contributed by atoms with van der Waals surface area (Å²) in [6.07, 6.45) is 14.4. The fourth-order valence-corrected chi connectivity index (χ4v) is 10.9. The molecule has 1 nitrogen and oxygen atoms in total. The lowest BCUT2D eigenvalue weighted by atomic mass is 9.99. The van der Waals surface area contributed by atoms with Gasteiger partial charge in [-0.05, 0) is 53.8 Å². The van der Waals surface area contributed by atoms with E-state index in [9.17, 15) is 0 Å². The molecule has 2 saturated carbocycles. The first kappa shape index (κ1) is 21.4. The van der Waals surface area contributed by atoms with Crippen LogP contribution in [0.4, 0.5) is 0 Å². The number of aryl methyl sites for hydroxylation is 1. The van der Waals surface area contributed by atoms with Crippen molar-refractivity contribution in [2.45, 2.75) is 75.5 Å². The van der Waals surface area contributed by atoms with Gasteiger partial charge in [-0.15, -0.1) is 0 Å². The smallest absolute Gasteiger partial charge is 0.0573 e. The Bertz CT molecular complexity index is 1230. The van der Waals surface area contributed by atoms with Gasteiger partial charge in [0.2, 0.25) is 0 Å². The van der Waals surface area contributed by atoms with Crippen molar-refractivity contribution in [3.63, 3.8) is 0 Å². The van der Waals surface area contributed by atoms with Crippen molar-refractivity contribution in [2.24, 2.45) is 7.05 Å². The quantitative estimate of drug-likeness (QED) is 0.272. The molecule has 33 heavy (non-hydrogen) atoms. The largest absolute Gasteiger partial charge is 0.343 e. The van der Waals surface area contributed by atoms with Gasteiger partial charge in [-0.1, -0.05) is 107 Å². The van der Waals surface area contributed by atoms with Crippen molar-refractivity contribution >= 4 is 34.9 Å². The Morgan fingerprint density at radius 1 is 0.636 bits per heavy atom. The average Bonchev–Trinajstić information content (AvgIpc) is 3.17. The lowest BCUT2D eigenvalue weighted by molar-refractivity contribution is 0.487. The second kappa shape index (κ2) is 9.27. The van der Waals surface area contributed by atoms with Gasteiger partial charge in [-0.25, -0.2) is 0 Å². The normalized spacial score (nSPS) is 18.5. The van der Waals surface area contributed by atoms with Crippen molar-refractivity contribution in [1.82, 2.24) is 4.57 Å². The lowest BCUT2D eigenvalue weighted by Gasteiger charge is -2.39. The maximum Gasteiger partial charge on any atom is 0.0573 e. The van der Waals surface area contributed by atoms with Gasteiger partial charge < -0.3 is 4.57 Å². The van der Waals surface area contributed by atoms with E-state index in [2.05, 4.69) is 78.3 Å². The summed E-state index contributed by atoms with van der Waals surface area (Å²) in [6, 6.07) is 25.2. The van der Waals surface area contributed by atoms with Gasteiger partial charge in [-0.2, -0.15) is 0 Å². The minimum Gasteiger partial charge on any atom is -0.343 e. The molecular formula is C31H36NP. The lowest BCUT2D eigenvalue weighted by Crippen LogP contribution is -2.27. The molecule has 170 valence electrons. The summed E-state index contributed by atoms with van der Waals surface area (Å²) in [6.45, 7) is 0. The third kappa shape index (κ3) is 3.83. The fourth-order valence-electron chi connectivity index (χ4n) is 6.76. The molecule has 0 saturated heterocycles. The molecule has 2 aliphatic carbocycles. The van der Waals surface area contributed by atoms with Crippen LogP contribution in [-0.4, -0.2) is 15.9 Å². The topological polar surface area (TPSA) is 4.93 Å². The Kier molecular flexibility index (Phi) is 6.02. The Balaban J connectivity index is 1.63. The number of para-hydroxylation sites is 1. The summed E-state index contributed by atoms with van der Waals surface area (Å²) in [4.78, 5) is 0. The van der Waals surface area contributed by atoms with Gasteiger partial charge in [-0.3, -0.25) is 0 Å². The number of hydrogen-bond donors (Lipinski definition) is 0. The molecule has 4 aromatic rings. The summed E-state index contributed by atoms with van der Waals surface area (Å²) < 4.78 is 2.54. The number of hydrogen-bond acceptors (Lipinski definition) is 0. The second-order valence-corrected chi connectivity index (χ2v) is 13.0. The van der Waals surface area contributed by atoms with Gasteiger partial charge in [0.05, 0.1) is 5.69 Å². The molecule has 0 unspecified atom stereocenters. The first-order valence-electron chi connectivity index (χ1n) is 13.2. The van der Waals surface area contributed by atoms with E-state index in [1.54, 1.807) is 5.30 Å². The maximum absolute atomic E-state index is 2.54. The zero-order valence-corrected chi connectivity index (χ0v) is 20.9. The molecule has 0 radical (unpaired) electrons. The Hall–Kier alpha value is -2.11. The zero-order chi connectivity index (χ0) is 22.2. The summed E-state index contributed by atoms with van der Waals surface area (Å²) in [7, 11) is 2.13. The molecule has 0 bridgehead atoms. The molecule has 0 amide bonds. The first-order valence-corrected chi connectivity index (χ1v) is 14.6. The van der Waals surface area contributed by atoms with Crippen LogP contribution < -0.4 is 5.30 Å². The van der Waals surface area contributed by atoms with Crippen molar-refractivity contribution in [3.05, 3.63) is 66.7 Å². The standard InChI is InChI=1S/C31H36NP/c1-32-29-22-11-10-20-28(29)31(30(32)27-21-12-14-23-13-8-9-19-26(23)27)33(24-15-4-2-5-16-24)25-17-6-3-7-18-25/h8-14,19-22,24-25H,2-7,15-18H2,1H3. The van der Waals surface area contributed by atoms with E-state index in [0.29, 0.717) is 0 Å². The molecule has 3 aromatic carbocycles. The third-order valence-corrected chi connectivity index (χ3v) is 11.9. The molecule has 0 N–H and O–H groups in total. The van der Waals surface area contributed by atoms with Gasteiger partial charge in [0.1, 0.15) is 0 Å². The van der Waals surface area contributed by atoms with Crippen LogP contribution in [0.15, 0.2) is 66.7 Å². The molecule has 1 heterocycles. The summed E-state index contributed by atoms with van der Waals surface area (Å²) in [5, 5.41) is 6.02. The summed E-state index contributed by atoms with van der Waals surface area (Å²) >= 11 is 0. The molecule has 1 aromatic heterocycles. The van der Waals surface area contributed by atoms with Crippen molar-refractivity contribution in [1.29, 1.82) is 0 Å². The Labute approximate surface area is 200 Å². The molecular weight excluding hydrogens is 417 g/mol. The maximum atomic E-state index is 2.54. The number of nitrogens with zero attached hydrogens (tertiary/aromatic N) is 1. The van der Waals surface area contributed by atoms with Crippen LogP contribution in [0, 0.1) is 0 Å². The van der Waals surface area contributed by atoms with Crippen LogP contribution in [-0.2, 0) is 7.05 Å². The predicted molar refractivity (Wildman–Crippen MR) is 146 cm³/mol. The van der Waals surface area contributed by atoms with E-state index in [1.807, 2.05) is 0 Å². The van der Waals surface area contributed by atoms with Gasteiger partial charge in [0.15, 0.2) is 0 Å². The van der Waals surface area contributed by atoms with E-state index in [0.717, 1.165) is 11.3 Å². The van der Waals surface area contributed by atoms with Crippen LogP contribution in [0.25, 0.3) is 32.9 Å². The molecule has 0 spiro atoms. The highest BCUT2D eigenvalue weighted by atomic mass is 31.1. The predicted octanol–water partition coefficient (Wildman–Crippen LogP) is 8.77. The number of fused-ring (bicyclic) bond motifs is 2. The molecule has 2 fully saturated rings. The van der Waals surface area contributed by atoms with Gasteiger partial charge in [0.25, 0.3) is 0 Å². The van der Waals surface area contributed by atoms with Crippen molar-refractivity contribution < 1.29 is 0 Å². The molecule has 6 rings (SSSR count). The molecule has 2 heteroatoms. The number of rotatable bonds is 4. The van der Waals surface area contributed by atoms with E-state index in [1.165, 1.54) is 97.1 Å². The van der Waals surface area contributed by atoms with Gasteiger partial charge >= 0.3 is 0 Å². The highest BCUT2D eigenvalue weighted by Crippen LogP contribution is 2.57. The third-order valence-electron chi connectivity index (χ3n) is 8.32. The SMILES string of the molecule is Cn1c(-c2cccc3ccccc23)c(P(C2CCCCC2)C2CCCCC2)c2ccccc21. The van der Waals surface area contributed by atoms with Crippen LogP contribution in [0.2, 0.25) is 0 Å². The highest BCUT2D eigenvalue weighted by molar-refractivity contribution is 7.67. The minimum atomic E-state index is -0.192. The van der Waals surface area contributed by atoms with Crippen LogP contribution in [0.5, 0.6) is 0 Å². The van der Waals surface area contributed by atoms with Gasteiger partial charge in [0, 0.05) is 28.8 Å². The van der Waals surface area contributed by atoms with E-state index < -0.39 is 0 Å². The van der Waals surface area contributed by atoms with E-state index >= 15 is 0 Å². The zero-order valence-electron chi connectivity index (χ0n) is 20.0. The summed E-state index contributed by atoms with van der Waals surface area (Å²) in [5.41, 5.74) is 6.15. The first-order chi connectivity index (χ1) is 16.3. The molecule has 0 aliphatic heterocycles. The number of benzene rings is 3. The van der Waals surface area contributed by atoms with Crippen LogP contribution >= 0.6 is 7.92 Å². The highest BCUT2D eigenvalue weighted by Gasteiger charge is 2.36. The second-order valence-electron chi connectivity index (χ2n) is 10.3. The fraction of sp³-hybridized carbons (Fsp3) is 0.419. The Morgan fingerprint density at radius 2 is 1.21 bits per heavy atom. The Morgan fingerprint density at radius 3 is 1.91 bits per heavy atom. The van der Waals surface area contributed by atoms with Crippen LogP contribution in [0.3, 0.4) is 0 Å². The van der Waals surface area contributed by atoms with Crippen molar-refractivity contribution in [3.8, 4) is 11.3 Å². The van der Waals surface area contributed by atoms with E-state index in [-0.39, 0.29) is 7.92 Å². The molecule has 0 atom stereocenters. The minimum absolute atomic E-state index is 0.192. The monoisotopic (exact) mass is 453 g/mol. The number of aromatic nitrogens is 1. The summed E-state index contributed by atoms with van der Waals surface area (Å²) in [5.74, 6) is 0. The molecule has 2 aliphatic rings. The van der Waals surface area contributed by atoms with Crippen LogP contribution in [0.1, 0.15) is 64.2 Å². The van der Waals surface area contributed by atoms with E-state index in [4.69, 9.17) is 0 Å². The average molecular weight is 454 g/mol. The van der Waals surface area contributed by atoms with Crippen molar-refractivity contribution in [2.75, 3.05) is 0 Å².